The Morgan fingerprint density at radius 1 is 1.05 bits per heavy atom. The van der Waals surface area contributed by atoms with Gasteiger partial charge in [0.05, 0.1) is 10.0 Å². The third kappa shape index (κ3) is 4.46. The Labute approximate surface area is 144 Å². The summed E-state index contributed by atoms with van der Waals surface area (Å²) in [6, 6.07) is 14.7. The van der Waals surface area contributed by atoms with E-state index in [0.717, 1.165) is 16.5 Å². The lowest BCUT2D eigenvalue weighted by Crippen LogP contribution is -2.24. The highest BCUT2D eigenvalue weighted by atomic mass is 79.9. The van der Waals surface area contributed by atoms with Crippen LogP contribution >= 0.6 is 39.1 Å². The minimum absolute atomic E-state index is 0.244. The van der Waals surface area contributed by atoms with Crippen LogP contribution < -0.4 is 5.32 Å². The summed E-state index contributed by atoms with van der Waals surface area (Å²) in [6.07, 6.45) is 0.982. The van der Waals surface area contributed by atoms with Gasteiger partial charge in [0.1, 0.15) is 0 Å². The lowest BCUT2D eigenvalue weighted by Gasteiger charge is -2.23. The molecule has 112 valence electrons. The summed E-state index contributed by atoms with van der Waals surface area (Å²) < 4.78 is 1.09. The van der Waals surface area contributed by atoms with E-state index in [0.29, 0.717) is 10.0 Å². The quantitative estimate of drug-likeness (QED) is 0.613. The first-order valence-electron chi connectivity index (χ1n) is 6.97. The van der Waals surface area contributed by atoms with E-state index in [-0.39, 0.29) is 12.1 Å². The van der Waals surface area contributed by atoms with Crippen LogP contribution in [0.4, 0.5) is 0 Å². The third-order valence-corrected chi connectivity index (χ3v) is 4.79. The van der Waals surface area contributed by atoms with Crippen LogP contribution in [0.2, 0.25) is 10.0 Å². The molecular formula is C17H18BrCl2N. The summed E-state index contributed by atoms with van der Waals surface area (Å²) in [5.74, 6) is 0. The van der Waals surface area contributed by atoms with Gasteiger partial charge < -0.3 is 5.32 Å². The molecule has 0 saturated heterocycles. The number of hydrogen-bond acceptors (Lipinski definition) is 1. The maximum atomic E-state index is 6.12. The molecule has 0 saturated carbocycles. The maximum Gasteiger partial charge on any atom is 0.0595 e. The monoisotopic (exact) mass is 385 g/mol. The van der Waals surface area contributed by atoms with E-state index in [9.17, 15) is 0 Å². The number of nitrogens with one attached hydrogen (secondary N) is 1. The van der Waals surface area contributed by atoms with Crippen LogP contribution in [-0.2, 0) is 0 Å². The summed E-state index contributed by atoms with van der Waals surface area (Å²) in [4.78, 5) is 0. The SMILES string of the molecule is CCC(NC(C)c1cccc(Br)c1)c1ccc(Cl)c(Cl)c1. The molecule has 0 radical (unpaired) electrons. The van der Waals surface area contributed by atoms with Gasteiger partial charge in [-0.2, -0.15) is 0 Å². The Morgan fingerprint density at radius 2 is 1.81 bits per heavy atom. The van der Waals surface area contributed by atoms with Crippen molar-refractivity contribution in [1.29, 1.82) is 0 Å². The molecule has 0 bridgehead atoms. The fraction of sp³-hybridized carbons (Fsp3) is 0.294. The first-order chi connectivity index (χ1) is 10.0. The fourth-order valence-corrected chi connectivity index (χ4v) is 3.08. The molecule has 2 rings (SSSR count). The smallest absolute Gasteiger partial charge is 0.0595 e. The topological polar surface area (TPSA) is 12.0 Å². The van der Waals surface area contributed by atoms with E-state index in [4.69, 9.17) is 23.2 Å². The predicted octanol–water partition coefficient (Wildman–Crippen LogP) is 6.56. The highest BCUT2D eigenvalue weighted by Crippen LogP contribution is 2.29. The second kappa shape index (κ2) is 7.64. The minimum atomic E-state index is 0.244. The Morgan fingerprint density at radius 3 is 2.43 bits per heavy atom. The molecule has 1 N–H and O–H groups in total. The number of rotatable bonds is 5. The first kappa shape index (κ1) is 16.8. The van der Waals surface area contributed by atoms with E-state index in [1.807, 2.05) is 24.3 Å². The Hall–Kier alpha value is -0.540. The van der Waals surface area contributed by atoms with Gasteiger partial charge in [-0.1, -0.05) is 64.3 Å². The van der Waals surface area contributed by atoms with Crippen LogP contribution in [0.3, 0.4) is 0 Å². The zero-order valence-corrected chi connectivity index (χ0v) is 15.1. The van der Waals surface area contributed by atoms with Gasteiger partial charge in [0, 0.05) is 16.6 Å². The van der Waals surface area contributed by atoms with E-state index in [2.05, 4.69) is 53.3 Å². The van der Waals surface area contributed by atoms with Crippen molar-refractivity contribution in [2.24, 2.45) is 0 Å². The van der Waals surface area contributed by atoms with Crippen molar-refractivity contribution in [3.63, 3.8) is 0 Å². The highest BCUT2D eigenvalue weighted by Gasteiger charge is 2.15. The molecule has 2 aromatic rings. The van der Waals surface area contributed by atoms with Gasteiger partial charge >= 0.3 is 0 Å². The molecule has 0 aliphatic carbocycles. The molecule has 4 heteroatoms. The molecule has 2 unspecified atom stereocenters. The molecule has 21 heavy (non-hydrogen) atoms. The molecule has 0 fully saturated rings. The van der Waals surface area contributed by atoms with Gasteiger partial charge in [0.15, 0.2) is 0 Å². The predicted molar refractivity (Wildman–Crippen MR) is 95.2 cm³/mol. The van der Waals surface area contributed by atoms with Gasteiger partial charge in [-0.15, -0.1) is 0 Å². The lowest BCUT2D eigenvalue weighted by atomic mass is 10.0. The second-order valence-electron chi connectivity index (χ2n) is 5.08. The average molecular weight is 387 g/mol. The van der Waals surface area contributed by atoms with Crippen molar-refractivity contribution >= 4 is 39.1 Å². The summed E-state index contributed by atoms with van der Waals surface area (Å²) in [5.41, 5.74) is 2.41. The molecular weight excluding hydrogens is 369 g/mol. The summed E-state index contributed by atoms with van der Waals surface area (Å²) >= 11 is 15.6. The van der Waals surface area contributed by atoms with Crippen molar-refractivity contribution < 1.29 is 0 Å². The number of hydrogen-bond donors (Lipinski definition) is 1. The van der Waals surface area contributed by atoms with Crippen molar-refractivity contribution in [1.82, 2.24) is 5.32 Å². The van der Waals surface area contributed by atoms with Crippen molar-refractivity contribution in [2.45, 2.75) is 32.4 Å². The van der Waals surface area contributed by atoms with Crippen molar-refractivity contribution in [3.8, 4) is 0 Å². The number of halogens is 3. The van der Waals surface area contributed by atoms with E-state index in [1.54, 1.807) is 0 Å². The standard InChI is InChI=1S/C17H18BrCl2N/c1-3-17(13-7-8-15(19)16(20)10-13)21-11(2)12-5-4-6-14(18)9-12/h4-11,17,21H,3H2,1-2H3. The summed E-state index contributed by atoms with van der Waals surface area (Å²) in [6.45, 7) is 4.33. The fourth-order valence-electron chi connectivity index (χ4n) is 2.35. The largest absolute Gasteiger partial charge is 0.303 e. The summed E-state index contributed by atoms with van der Waals surface area (Å²) in [5, 5.41) is 4.84. The number of benzene rings is 2. The van der Waals surface area contributed by atoms with Crippen LogP contribution in [0.25, 0.3) is 0 Å². The van der Waals surface area contributed by atoms with Gasteiger partial charge in [0.25, 0.3) is 0 Å². The van der Waals surface area contributed by atoms with E-state index >= 15 is 0 Å². The molecule has 0 aliphatic heterocycles. The van der Waals surface area contributed by atoms with Gasteiger partial charge in [-0.05, 0) is 48.7 Å². The molecule has 1 nitrogen and oxygen atoms in total. The minimum Gasteiger partial charge on any atom is -0.303 e. The Bertz CT molecular complexity index is 615. The lowest BCUT2D eigenvalue weighted by molar-refractivity contribution is 0.456. The van der Waals surface area contributed by atoms with Crippen molar-refractivity contribution in [2.75, 3.05) is 0 Å². The van der Waals surface area contributed by atoms with Crippen LogP contribution in [-0.4, -0.2) is 0 Å². The molecule has 0 amide bonds. The Kier molecular flexibility index (Phi) is 6.12. The maximum absolute atomic E-state index is 6.12. The molecule has 0 heterocycles. The highest BCUT2D eigenvalue weighted by molar-refractivity contribution is 9.10. The van der Waals surface area contributed by atoms with E-state index < -0.39 is 0 Å². The van der Waals surface area contributed by atoms with Crippen LogP contribution in [0.1, 0.15) is 43.5 Å². The molecule has 0 aliphatic rings. The van der Waals surface area contributed by atoms with Gasteiger partial charge in [0.2, 0.25) is 0 Å². The van der Waals surface area contributed by atoms with Crippen LogP contribution in [0.5, 0.6) is 0 Å². The van der Waals surface area contributed by atoms with Gasteiger partial charge in [-0.3, -0.25) is 0 Å². The van der Waals surface area contributed by atoms with Crippen molar-refractivity contribution in [3.05, 3.63) is 68.1 Å². The zero-order valence-electron chi connectivity index (χ0n) is 12.0. The van der Waals surface area contributed by atoms with E-state index in [1.165, 1.54) is 5.56 Å². The van der Waals surface area contributed by atoms with Gasteiger partial charge in [-0.25, -0.2) is 0 Å². The van der Waals surface area contributed by atoms with Crippen LogP contribution in [0.15, 0.2) is 46.9 Å². The second-order valence-corrected chi connectivity index (χ2v) is 6.81. The summed E-state index contributed by atoms with van der Waals surface area (Å²) in [7, 11) is 0. The molecule has 0 spiro atoms. The van der Waals surface area contributed by atoms with Crippen LogP contribution in [0, 0.1) is 0 Å². The molecule has 0 aromatic heterocycles. The molecule has 2 atom stereocenters. The zero-order chi connectivity index (χ0) is 15.4. The third-order valence-electron chi connectivity index (χ3n) is 3.55. The normalized spacial score (nSPS) is 14.0. The first-order valence-corrected chi connectivity index (χ1v) is 8.52. The Balaban J connectivity index is 2.16. The average Bonchev–Trinajstić information content (AvgIpc) is 2.47. The molecule has 2 aromatic carbocycles.